The van der Waals surface area contributed by atoms with E-state index in [1.54, 1.807) is 0 Å². The fraction of sp³-hybridized carbons (Fsp3) is 0.538. The lowest BCUT2D eigenvalue weighted by Crippen LogP contribution is -2.26. The van der Waals surface area contributed by atoms with Crippen molar-refractivity contribution in [2.45, 2.75) is 38.3 Å². The topological polar surface area (TPSA) is 55.5 Å². The highest BCUT2D eigenvalue weighted by Gasteiger charge is 2.20. The number of unbranched alkanes of at least 4 members (excludes halogenated alkanes) is 1. The summed E-state index contributed by atoms with van der Waals surface area (Å²) in [6, 6.07) is 3.54. The van der Waals surface area contributed by atoms with Crippen LogP contribution in [0.25, 0.3) is 0 Å². The summed E-state index contributed by atoms with van der Waals surface area (Å²) in [5, 5.41) is 9.91. The van der Waals surface area contributed by atoms with Crippen molar-refractivity contribution in [3.8, 4) is 5.75 Å². The molecule has 0 aliphatic heterocycles. The van der Waals surface area contributed by atoms with E-state index in [9.17, 15) is 9.50 Å². The fourth-order valence-electron chi connectivity index (χ4n) is 1.77. The molecule has 5 heteroatoms. The Balaban J connectivity index is 0.00000289. The summed E-state index contributed by atoms with van der Waals surface area (Å²) in [7, 11) is 1.50. The van der Waals surface area contributed by atoms with Crippen LogP contribution < -0.4 is 10.5 Å². The molecule has 3 N–H and O–H groups in total. The minimum atomic E-state index is -0.675. The first-order valence-corrected chi connectivity index (χ1v) is 5.87. The average Bonchev–Trinajstić information content (AvgIpc) is 2.34. The second-order valence-corrected chi connectivity index (χ2v) is 4.12. The monoisotopic (exact) mass is 277 g/mol. The molecule has 1 rings (SSSR count). The van der Waals surface area contributed by atoms with Crippen molar-refractivity contribution in [1.29, 1.82) is 0 Å². The zero-order valence-electron chi connectivity index (χ0n) is 10.7. The predicted molar refractivity (Wildman–Crippen MR) is 72.7 cm³/mol. The van der Waals surface area contributed by atoms with Gasteiger partial charge in [-0.2, -0.15) is 0 Å². The van der Waals surface area contributed by atoms with Gasteiger partial charge < -0.3 is 15.6 Å². The Morgan fingerprint density at radius 3 is 2.67 bits per heavy atom. The van der Waals surface area contributed by atoms with Crippen LogP contribution in [0.2, 0.25) is 0 Å². The molecule has 0 bridgehead atoms. The van der Waals surface area contributed by atoms with Crippen molar-refractivity contribution < 1.29 is 14.2 Å². The first-order valence-electron chi connectivity index (χ1n) is 5.87. The molecule has 18 heavy (non-hydrogen) atoms. The average molecular weight is 278 g/mol. The third-order valence-electron chi connectivity index (χ3n) is 2.82. The second-order valence-electron chi connectivity index (χ2n) is 4.12. The molecule has 0 heterocycles. The van der Waals surface area contributed by atoms with Crippen molar-refractivity contribution >= 4 is 12.4 Å². The largest absolute Gasteiger partial charge is 0.496 e. The smallest absolute Gasteiger partial charge is 0.123 e. The van der Waals surface area contributed by atoms with Crippen LogP contribution in [-0.2, 0) is 0 Å². The van der Waals surface area contributed by atoms with Crippen LogP contribution in [-0.4, -0.2) is 18.3 Å². The number of ether oxygens (including phenoxy) is 1. The van der Waals surface area contributed by atoms with Crippen LogP contribution in [0.1, 0.15) is 37.8 Å². The van der Waals surface area contributed by atoms with Gasteiger partial charge in [0.1, 0.15) is 11.6 Å². The lowest BCUT2D eigenvalue weighted by Gasteiger charge is -2.21. The normalized spacial score (nSPS) is 13.6. The zero-order chi connectivity index (χ0) is 12.8. The summed E-state index contributed by atoms with van der Waals surface area (Å²) >= 11 is 0. The number of rotatable bonds is 6. The van der Waals surface area contributed by atoms with Crippen LogP contribution in [0.4, 0.5) is 4.39 Å². The van der Waals surface area contributed by atoms with E-state index in [2.05, 4.69) is 0 Å². The summed E-state index contributed by atoms with van der Waals surface area (Å²) < 4.78 is 18.3. The van der Waals surface area contributed by atoms with Gasteiger partial charge in [-0.1, -0.05) is 19.8 Å². The minimum absolute atomic E-state index is 0. The van der Waals surface area contributed by atoms with Crippen LogP contribution in [0.15, 0.2) is 18.2 Å². The van der Waals surface area contributed by atoms with Gasteiger partial charge in [0.05, 0.1) is 19.3 Å². The van der Waals surface area contributed by atoms with Crippen LogP contribution in [0.5, 0.6) is 5.75 Å². The number of aliphatic hydroxyl groups is 1. The Morgan fingerprint density at radius 1 is 1.44 bits per heavy atom. The van der Waals surface area contributed by atoms with Gasteiger partial charge in [-0.05, 0) is 24.6 Å². The van der Waals surface area contributed by atoms with Crippen molar-refractivity contribution in [3.63, 3.8) is 0 Å². The number of benzene rings is 1. The molecule has 0 aliphatic rings. The molecule has 0 aromatic heterocycles. The molecule has 3 nitrogen and oxygen atoms in total. The maximum absolute atomic E-state index is 13.2. The highest BCUT2D eigenvalue weighted by Crippen LogP contribution is 2.28. The van der Waals surface area contributed by atoms with Gasteiger partial charge in [-0.3, -0.25) is 0 Å². The van der Waals surface area contributed by atoms with E-state index in [0.29, 0.717) is 17.7 Å². The van der Waals surface area contributed by atoms with E-state index in [1.807, 2.05) is 6.92 Å². The predicted octanol–water partition coefficient (Wildman–Crippen LogP) is 2.81. The maximum atomic E-state index is 13.2. The van der Waals surface area contributed by atoms with Crippen LogP contribution in [0, 0.1) is 5.82 Å². The van der Waals surface area contributed by atoms with Crippen molar-refractivity contribution in [1.82, 2.24) is 0 Å². The molecule has 104 valence electrons. The quantitative estimate of drug-likeness (QED) is 0.841. The molecule has 1 aromatic rings. The number of halogens is 2. The summed E-state index contributed by atoms with van der Waals surface area (Å²) in [4.78, 5) is 0. The van der Waals surface area contributed by atoms with Gasteiger partial charge in [0.25, 0.3) is 0 Å². The van der Waals surface area contributed by atoms with Gasteiger partial charge in [0.2, 0.25) is 0 Å². The Morgan fingerprint density at radius 2 is 2.11 bits per heavy atom. The summed E-state index contributed by atoms with van der Waals surface area (Å²) in [6.07, 6.45) is 1.82. The molecule has 2 atom stereocenters. The summed E-state index contributed by atoms with van der Waals surface area (Å²) in [5.74, 6) is 0.133. The summed E-state index contributed by atoms with van der Waals surface area (Å²) in [6.45, 7) is 2.04. The second kappa shape index (κ2) is 8.29. The van der Waals surface area contributed by atoms with Gasteiger partial charge in [0, 0.05) is 5.56 Å². The molecule has 0 amide bonds. The summed E-state index contributed by atoms with van der Waals surface area (Å²) in [5.41, 5.74) is 6.44. The zero-order valence-corrected chi connectivity index (χ0v) is 11.5. The van der Waals surface area contributed by atoms with E-state index in [-0.39, 0.29) is 18.2 Å². The van der Waals surface area contributed by atoms with Crippen molar-refractivity contribution in [2.24, 2.45) is 5.73 Å². The maximum Gasteiger partial charge on any atom is 0.123 e. The van der Waals surface area contributed by atoms with E-state index in [0.717, 1.165) is 12.8 Å². The highest BCUT2D eigenvalue weighted by atomic mass is 35.5. The third-order valence-corrected chi connectivity index (χ3v) is 2.82. The fourth-order valence-corrected chi connectivity index (χ4v) is 1.77. The first kappa shape index (κ1) is 17.2. The lowest BCUT2D eigenvalue weighted by molar-refractivity contribution is 0.131. The highest BCUT2D eigenvalue weighted by molar-refractivity contribution is 5.85. The number of methoxy groups -OCH3 is 1. The molecule has 0 saturated heterocycles. The number of hydrogen-bond donors (Lipinski definition) is 2. The number of hydrogen-bond acceptors (Lipinski definition) is 3. The van der Waals surface area contributed by atoms with Gasteiger partial charge in [0.15, 0.2) is 0 Å². The van der Waals surface area contributed by atoms with Crippen molar-refractivity contribution in [2.75, 3.05) is 7.11 Å². The molecule has 1 aromatic carbocycles. The van der Waals surface area contributed by atoms with Crippen molar-refractivity contribution in [3.05, 3.63) is 29.6 Å². The number of aliphatic hydroxyl groups excluding tert-OH is 1. The Labute approximate surface area is 114 Å². The van der Waals surface area contributed by atoms with Crippen LogP contribution in [0.3, 0.4) is 0 Å². The molecular weight excluding hydrogens is 257 g/mol. The van der Waals surface area contributed by atoms with E-state index < -0.39 is 12.1 Å². The van der Waals surface area contributed by atoms with Gasteiger partial charge in [-0.15, -0.1) is 12.4 Å². The van der Waals surface area contributed by atoms with Gasteiger partial charge >= 0.3 is 0 Å². The Kier molecular flexibility index (Phi) is 7.91. The first-order chi connectivity index (χ1) is 8.10. The molecule has 0 aliphatic carbocycles. The molecular formula is C13H21ClFNO2. The lowest BCUT2D eigenvalue weighted by atomic mass is 9.97. The molecule has 0 fully saturated rings. The molecule has 0 saturated carbocycles. The third kappa shape index (κ3) is 4.44. The molecule has 0 unspecified atom stereocenters. The standard InChI is InChI=1S/C13H20FNO2.ClH/c1-3-4-5-11(16)13(15)10-8-9(14)6-7-12(10)17-2;/h6-8,11,13,16H,3-5,15H2,1-2H3;1H/t11-,13+;/m1./s1. The number of nitrogens with two attached hydrogens (primary N) is 1. The Hall–Kier alpha value is -0.840. The molecule has 0 radical (unpaired) electrons. The van der Waals surface area contributed by atoms with E-state index in [1.165, 1.54) is 25.3 Å². The van der Waals surface area contributed by atoms with E-state index in [4.69, 9.17) is 10.5 Å². The van der Waals surface area contributed by atoms with Gasteiger partial charge in [-0.25, -0.2) is 4.39 Å². The van der Waals surface area contributed by atoms with E-state index >= 15 is 0 Å². The Bertz CT molecular complexity index is 363. The SMILES string of the molecule is CCCC[C@@H](O)[C@@H](N)c1cc(F)ccc1OC.Cl. The molecule has 0 spiro atoms. The van der Waals surface area contributed by atoms with Crippen LogP contribution >= 0.6 is 12.4 Å². The minimum Gasteiger partial charge on any atom is -0.496 e.